The molecule has 1 aliphatic rings. The number of aromatic amines is 1. The van der Waals surface area contributed by atoms with Gasteiger partial charge >= 0.3 is 5.97 Å². The summed E-state index contributed by atoms with van der Waals surface area (Å²) in [4.78, 5) is 28.5. The van der Waals surface area contributed by atoms with Crippen molar-refractivity contribution >= 4 is 16.9 Å². The Morgan fingerprint density at radius 2 is 1.96 bits per heavy atom. The number of pyridine rings is 1. The van der Waals surface area contributed by atoms with E-state index in [1.54, 1.807) is 11.6 Å². The van der Waals surface area contributed by atoms with Crippen LogP contribution < -0.4 is 10.3 Å². The molecular formula is C20H17N3O3. The molecule has 26 heavy (non-hydrogen) atoms. The number of nitriles is 1. The van der Waals surface area contributed by atoms with Crippen LogP contribution >= 0.6 is 0 Å². The highest BCUT2D eigenvalue weighted by atomic mass is 16.5. The highest BCUT2D eigenvalue weighted by Gasteiger charge is 2.36. The van der Waals surface area contributed by atoms with Crippen LogP contribution in [0.25, 0.3) is 10.9 Å². The van der Waals surface area contributed by atoms with Gasteiger partial charge in [0.1, 0.15) is 17.5 Å². The Bertz CT molecular complexity index is 1180. The van der Waals surface area contributed by atoms with Crippen molar-refractivity contribution in [3.05, 3.63) is 62.7 Å². The Hall–Kier alpha value is -3.33. The Kier molecular flexibility index (Phi) is 3.48. The second-order valence-corrected chi connectivity index (χ2v) is 6.63. The first-order valence-electron chi connectivity index (χ1n) is 8.35. The third-order valence-corrected chi connectivity index (χ3v) is 5.18. The molecular weight excluding hydrogens is 330 g/mol. The molecule has 6 nitrogen and oxygen atoms in total. The summed E-state index contributed by atoms with van der Waals surface area (Å²) in [5.74, 6) is -0.476. The topological polar surface area (TPSA) is 87.9 Å². The van der Waals surface area contributed by atoms with Crippen molar-refractivity contribution in [2.75, 3.05) is 0 Å². The number of aromatic nitrogens is 2. The molecule has 0 unspecified atom stereocenters. The van der Waals surface area contributed by atoms with Crippen LogP contribution in [0.5, 0.6) is 5.75 Å². The van der Waals surface area contributed by atoms with Crippen molar-refractivity contribution in [1.29, 1.82) is 5.26 Å². The Labute approximate surface area is 149 Å². The number of rotatable bonds is 1. The maximum absolute atomic E-state index is 13.1. The third kappa shape index (κ3) is 2.10. The number of carbonyl (C=O) groups is 1. The Balaban J connectivity index is 2.10. The zero-order chi connectivity index (χ0) is 18.6. The van der Waals surface area contributed by atoms with Gasteiger partial charge in [-0.2, -0.15) is 5.26 Å². The molecule has 0 spiro atoms. The fourth-order valence-electron chi connectivity index (χ4n) is 3.98. The fourth-order valence-corrected chi connectivity index (χ4v) is 3.98. The second-order valence-electron chi connectivity index (χ2n) is 6.63. The van der Waals surface area contributed by atoms with Crippen molar-refractivity contribution in [3.63, 3.8) is 0 Å². The zero-order valence-electron chi connectivity index (χ0n) is 14.7. The third-order valence-electron chi connectivity index (χ3n) is 5.18. The largest absolute Gasteiger partial charge is 0.425 e. The van der Waals surface area contributed by atoms with Crippen LogP contribution in [0, 0.1) is 25.2 Å². The molecule has 0 saturated carbocycles. The van der Waals surface area contributed by atoms with Crippen LogP contribution in [0.2, 0.25) is 0 Å². The maximum Gasteiger partial charge on any atom is 0.312 e. The number of benzene rings is 1. The Morgan fingerprint density at radius 3 is 2.65 bits per heavy atom. The molecule has 1 aliphatic heterocycles. The van der Waals surface area contributed by atoms with Crippen LogP contribution in [0.1, 0.15) is 40.4 Å². The minimum absolute atomic E-state index is 0.0744. The van der Waals surface area contributed by atoms with Crippen molar-refractivity contribution in [2.45, 2.75) is 26.2 Å². The van der Waals surface area contributed by atoms with Gasteiger partial charge in [-0.25, -0.2) is 0 Å². The smallest absolute Gasteiger partial charge is 0.312 e. The van der Waals surface area contributed by atoms with E-state index < -0.39 is 5.92 Å². The van der Waals surface area contributed by atoms with E-state index in [4.69, 9.17) is 4.74 Å². The quantitative estimate of drug-likeness (QED) is 0.686. The first-order chi connectivity index (χ1) is 12.4. The van der Waals surface area contributed by atoms with Crippen LogP contribution in [-0.4, -0.2) is 15.5 Å². The molecule has 1 N–H and O–H groups in total. The first kappa shape index (κ1) is 16.2. The lowest BCUT2D eigenvalue weighted by atomic mass is 9.84. The van der Waals surface area contributed by atoms with E-state index >= 15 is 0 Å². The van der Waals surface area contributed by atoms with E-state index in [0.29, 0.717) is 22.5 Å². The van der Waals surface area contributed by atoms with Crippen molar-refractivity contribution in [3.8, 4) is 11.8 Å². The molecule has 0 aliphatic carbocycles. The van der Waals surface area contributed by atoms with E-state index in [9.17, 15) is 14.9 Å². The first-order valence-corrected chi connectivity index (χ1v) is 8.35. The van der Waals surface area contributed by atoms with Crippen molar-refractivity contribution < 1.29 is 9.53 Å². The highest BCUT2D eigenvalue weighted by molar-refractivity contribution is 5.91. The van der Waals surface area contributed by atoms with Gasteiger partial charge in [0.05, 0.1) is 17.5 Å². The summed E-state index contributed by atoms with van der Waals surface area (Å²) in [5.41, 5.74) is 3.84. The average Bonchev–Trinajstić information content (AvgIpc) is 2.92. The van der Waals surface area contributed by atoms with Gasteiger partial charge in [-0.1, -0.05) is 12.1 Å². The molecule has 0 amide bonds. The monoisotopic (exact) mass is 347 g/mol. The lowest BCUT2D eigenvalue weighted by Crippen LogP contribution is -2.31. The number of hydrogen-bond acceptors (Lipinski definition) is 4. The van der Waals surface area contributed by atoms with Gasteiger partial charge in [0.15, 0.2) is 0 Å². The summed E-state index contributed by atoms with van der Waals surface area (Å²) >= 11 is 0. The van der Waals surface area contributed by atoms with E-state index in [0.717, 1.165) is 22.2 Å². The molecule has 3 heterocycles. The predicted molar refractivity (Wildman–Crippen MR) is 96.3 cm³/mol. The van der Waals surface area contributed by atoms with Gasteiger partial charge in [0, 0.05) is 24.0 Å². The summed E-state index contributed by atoms with van der Waals surface area (Å²) in [6.07, 6.45) is 0.0744. The summed E-state index contributed by atoms with van der Waals surface area (Å²) in [6.45, 7) is 3.69. The standard InChI is InChI=1S/C20H17N3O3/c1-10-14(9-21)22-11(2)17(10)13-8-16(24)26-19-12-6-4-5-7-15(12)23(3)20(25)18(13)19/h4-7,13,22H,8H2,1-3H3/t13-/m1/s1. The summed E-state index contributed by atoms with van der Waals surface area (Å²) in [5, 5.41) is 10.0. The normalized spacial score (nSPS) is 16.2. The molecule has 130 valence electrons. The number of nitrogens with one attached hydrogen (secondary N) is 1. The van der Waals surface area contributed by atoms with E-state index in [1.807, 2.05) is 38.1 Å². The van der Waals surface area contributed by atoms with Crippen LogP contribution in [0.15, 0.2) is 29.1 Å². The van der Waals surface area contributed by atoms with Gasteiger partial charge in [-0.15, -0.1) is 0 Å². The lowest BCUT2D eigenvalue weighted by Gasteiger charge is -2.26. The fraction of sp³-hybridized carbons (Fsp3) is 0.250. The number of esters is 1. The van der Waals surface area contributed by atoms with Gasteiger partial charge in [0.2, 0.25) is 0 Å². The number of nitrogens with zero attached hydrogens (tertiary/aromatic N) is 2. The van der Waals surface area contributed by atoms with E-state index in [-0.39, 0.29) is 17.9 Å². The van der Waals surface area contributed by atoms with Gasteiger partial charge in [-0.05, 0) is 37.1 Å². The van der Waals surface area contributed by atoms with Crippen LogP contribution in [0.3, 0.4) is 0 Å². The highest BCUT2D eigenvalue weighted by Crippen LogP contribution is 2.42. The Morgan fingerprint density at radius 1 is 1.23 bits per heavy atom. The van der Waals surface area contributed by atoms with Crippen LogP contribution in [0.4, 0.5) is 0 Å². The second kappa shape index (κ2) is 5.60. The van der Waals surface area contributed by atoms with Gasteiger partial charge in [-0.3, -0.25) is 9.59 Å². The minimum atomic E-state index is -0.437. The van der Waals surface area contributed by atoms with Crippen LogP contribution in [-0.2, 0) is 11.8 Å². The molecule has 6 heteroatoms. The number of aryl methyl sites for hydroxylation is 2. The number of ether oxygens (including phenoxy) is 1. The SMILES string of the molecule is Cc1[nH]c(C#N)c(C)c1[C@H]1CC(=O)Oc2c1c(=O)n(C)c1ccccc21. The van der Waals surface area contributed by atoms with Crippen molar-refractivity contribution in [1.82, 2.24) is 9.55 Å². The van der Waals surface area contributed by atoms with Gasteiger partial charge < -0.3 is 14.3 Å². The summed E-state index contributed by atoms with van der Waals surface area (Å²) < 4.78 is 7.10. The number of carbonyl (C=O) groups excluding carboxylic acids is 1. The molecule has 0 radical (unpaired) electrons. The van der Waals surface area contributed by atoms with Crippen molar-refractivity contribution in [2.24, 2.45) is 7.05 Å². The average molecular weight is 347 g/mol. The molecule has 0 fully saturated rings. The lowest BCUT2D eigenvalue weighted by molar-refractivity contribution is -0.135. The molecule has 0 bridgehead atoms. The molecule has 4 rings (SSSR count). The maximum atomic E-state index is 13.1. The number of hydrogen-bond donors (Lipinski definition) is 1. The zero-order valence-corrected chi connectivity index (χ0v) is 14.7. The molecule has 3 aromatic rings. The summed E-state index contributed by atoms with van der Waals surface area (Å²) in [6, 6.07) is 9.50. The summed E-state index contributed by atoms with van der Waals surface area (Å²) in [7, 11) is 1.72. The van der Waals surface area contributed by atoms with E-state index in [1.165, 1.54) is 0 Å². The number of para-hydroxylation sites is 1. The molecule has 1 aromatic carbocycles. The molecule has 2 aromatic heterocycles. The predicted octanol–water partition coefficient (Wildman–Crippen LogP) is 2.80. The molecule has 0 saturated heterocycles. The minimum Gasteiger partial charge on any atom is -0.425 e. The van der Waals surface area contributed by atoms with E-state index in [2.05, 4.69) is 11.1 Å². The van der Waals surface area contributed by atoms with Gasteiger partial charge in [0.25, 0.3) is 5.56 Å². The number of H-pyrrole nitrogens is 1. The number of fused-ring (bicyclic) bond motifs is 3. The molecule has 1 atom stereocenters.